The van der Waals surface area contributed by atoms with E-state index in [-0.39, 0.29) is 18.1 Å². The number of hydrogen-bond acceptors (Lipinski definition) is 4. The maximum Gasteiger partial charge on any atom is 0.325 e. The topological polar surface area (TPSA) is 47.6 Å². The average Bonchev–Trinajstić information content (AvgIpc) is 2.71. The molecule has 1 unspecified atom stereocenters. The second kappa shape index (κ2) is 5.98. The molecule has 1 aliphatic carbocycles. The van der Waals surface area contributed by atoms with E-state index in [0.717, 1.165) is 12.8 Å². The Balaban J connectivity index is 2.22. The fraction of sp³-hybridized carbons (Fsp3) is 0.900. The van der Waals surface area contributed by atoms with Crippen LogP contribution in [0.1, 0.15) is 39.0 Å². The molecule has 0 aliphatic heterocycles. The Labute approximate surface area is 84.9 Å². The lowest BCUT2D eigenvalue weighted by atomic mass is 10.2. The molecule has 0 radical (unpaired) electrons. The number of ether oxygens (including phenoxy) is 1. The van der Waals surface area contributed by atoms with Gasteiger partial charge < -0.3 is 4.74 Å². The number of methoxy groups -OCH3 is 1. The van der Waals surface area contributed by atoms with Gasteiger partial charge in [-0.05, 0) is 19.3 Å². The number of nitrogens with one attached hydrogen (secondary N) is 1. The molecule has 0 amide bonds. The molecule has 0 saturated heterocycles. The summed E-state index contributed by atoms with van der Waals surface area (Å²) in [5.41, 5.74) is 2.79. The van der Waals surface area contributed by atoms with Gasteiger partial charge in [0.2, 0.25) is 0 Å². The molecule has 0 aromatic carbocycles. The molecule has 1 atom stereocenters. The lowest BCUT2D eigenvalue weighted by Crippen LogP contribution is -2.39. The number of hydrogen-bond donors (Lipinski definition) is 1. The van der Waals surface area contributed by atoms with Gasteiger partial charge in [-0.15, -0.1) is 0 Å². The fourth-order valence-electron chi connectivity index (χ4n) is 1.62. The lowest BCUT2D eigenvalue weighted by molar-refractivity contribution is -0.149. The van der Waals surface area contributed by atoms with Gasteiger partial charge in [0.15, 0.2) is 0 Å². The number of rotatable bonds is 5. The Morgan fingerprint density at radius 1 is 1.50 bits per heavy atom. The first kappa shape index (κ1) is 11.5. The van der Waals surface area contributed by atoms with Gasteiger partial charge in [-0.3, -0.25) is 9.63 Å². The second-order valence-corrected chi connectivity index (χ2v) is 3.63. The van der Waals surface area contributed by atoms with E-state index in [1.165, 1.54) is 20.0 Å². The van der Waals surface area contributed by atoms with Crippen LogP contribution in [0.2, 0.25) is 0 Å². The van der Waals surface area contributed by atoms with Crippen LogP contribution in [0.3, 0.4) is 0 Å². The van der Waals surface area contributed by atoms with Gasteiger partial charge in [-0.2, -0.15) is 5.48 Å². The standard InChI is InChI=1S/C10H19NO3/c1-3-9(10(12)13-2)11-14-8-6-4-5-7-8/h8-9,11H,3-7H2,1-2H3. The number of carbonyl (C=O) groups is 1. The molecule has 0 aromatic heterocycles. The molecule has 4 heteroatoms. The first-order valence-corrected chi connectivity index (χ1v) is 5.27. The summed E-state index contributed by atoms with van der Waals surface area (Å²) in [5.74, 6) is -0.259. The van der Waals surface area contributed by atoms with Crippen molar-refractivity contribution in [3.8, 4) is 0 Å². The molecule has 82 valence electrons. The minimum Gasteiger partial charge on any atom is -0.468 e. The van der Waals surface area contributed by atoms with E-state index in [1.807, 2.05) is 6.92 Å². The van der Waals surface area contributed by atoms with E-state index >= 15 is 0 Å². The van der Waals surface area contributed by atoms with Gasteiger partial charge in [0, 0.05) is 0 Å². The smallest absolute Gasteiger partial charge is 0.325 e. The van der Waals surface area contributed by atoms with E-state index in [1.54, 1.807) is 0 Å². The summed E-state index contributed by atoms with van der Waals surface area (Å²) in [6.07, 6.45) is 5.57. The van der Waals surface area contributed by atoms with E-state index in [4.69, 9.17) is 4.84 Å². The Bertz CT molecular complexity index is 178. The summed E-state index contributed by atoms with van der Waals surface area (Å²) < 4.78 is 4.64. The predicted molar refractivity (Wildman–Crippen MR) is 52.6 cm³/mol. The molecule has 14 heavy (non-hydrogen) atoms. The molecule has 1 rings (SSSR count). The van der Waals surface area contributed by atoms with Crippen molar-refractivity contribution in [3.63, 3.8) is 0 Å². The normalized spacial score (nSPS) is 19.6. The molecule has 1 fully saturated rings. The molecule has 1 N–H and O–H groups in total. The van der Waals surface area contributed by atoms with Crippen molar-refractivity contribution in [1.82, 2.24) is 5.48 Å². The summed E-state index contributed by atoms with van der Waals surface area (Å²) in [5, 5.41) is 0. The molecular formula is C10H19NO3. The Morgan fingerprint density at radius 3 is 2.64 bits per heavy atom. The third kappa shape index (κ3) is 3.27. The minimum atomic E-state index is -0.333. The van der Waals surface area contributed by atoms with Crippen molar-refractivity contribution >= 4 is 5.97 Å². The highest BCUT2D eigenvalue weighted by Gasteiger charge is 2.21. The van der Waals surface area contributed by atoms with Gasteiger partial charge in [-0.1, -0.05) is 19.8 Å². The predicted octanol–water partition coefficient (Wildman–Crippen LogP) is 1.40. The van der Waals surface area contributed by atoms with Crippen LogP contribution in [0.5, 0.6) is 0 Å². The van der Waals surface area contributed by atoms with Gasteiger partial charge in [-0.25, -0.2) is 0 Å². The monoisotopic (exact) mass is 201 g/mol. The molecule has 0 bridgehead atoms. The van der Waals surface area contributed by atoms with Gasteiger partial charge in [0.1, 0.15) is 6.04 Å². The van der Waals surface area contributed by atoms with Crippen LogP contribution in [0.4, 0.5) is 0 Å². The van der Waals surface area contributed by atoms with Gasteiger partial charge in [0.25, 0.3) is 0 Å². The lowest BCUT2D eigenvalue weighted by Gasteiger charge is -2.17. The molecular weight excluding hydrogens is 182 g/mol. The number of hydroxylamine groups is 1. The summed E-state index contributed by atoms with van der Waals surface area (Å²) >= 11 is 0. The SMILES string of the molecule is CCC(NOC1CCCC1)C(=O)OC. The maximum atomic E-state index is 11.2. The van der Waals surface area contributed by atoms with Crippen molar-refractivity contribution in [2.45, 2.75) is 51.2 Å². The highest BCUT2D eigenvalue weighted by Crippen LogP contribution is 2.20. The summed E-state index contributed by atoms with van der Waals surface area (Å²) in [4.78, 5) is 16.6. The van der Waals surface area contributed by atoms with Gasteiger partial charge >= 0.3 is 5.97 Å². The van der Waals surface area contributed by atoms with E-state index in [0.29, 0.717) is 6.42 Å². The van der Waals surface area contributed by atoms with E-state index in [9.17, 15) is 4.79 Å². The van der Waals surface area contributed by atoms with Gasteiger partial charge in [0.05, 0.1) is 13.2 Å². The third-order valence-corrected chi connectivity index (χ3v) is 2.57. The molecule has 0 heterocycles. The maximum absolute atomic E-state index is 11.2. The largest absolute Gasteiger partial charge is 0.468 e. The Kier molecular flexibility index (Phi) is 4.90. The van der Waals surface area contributed by atoms with E-state index < -0.39 is 0 Å². The zero-order valence-electron chi connectivity index (χ0n) is 8.91. The van der Waals surface area contributed by atoms with Crippen LogP contribution in [0, 0.1) is 0 Å². The van der Waals surface area contributed by atoms with Crippen LogP contribution >= 0.6 is 0 Å². The van der Waals surface area contributed by atoms with Crippen LogP contribution in [-0.2, 0) is 14.4 Å². The van der Waals surface area contributed by atoms with Crippen LogP contribution in [-0.4, -0.2) is 25.2 Å². The Morgan fingerprint density at radius 2 is 2.14 bits per heavy atom. The van der Waals surface area contributed by atoms with Crippen molar-refractivity contribution in [2.24, 2.45) is 0 Å². The number of esters is 1. The zero-order valence-corrected chi connectivity index (χ0v) is 8.91. The Hall–Kier alpha value is -0.610. The first-order valence-electron chi connectivity index (χ1n) is 5.27. The molecule has 0 aromatic rings. The highest BCUT2D eigenvalue weighted by atomic mass is 16.7. The zero-order chi connectivity index (χ0) is 10.4. The van der Waals surface area contributed by atoms with Crippen LogP contribution < -0.4 is 5.48 Å². The van der Waals surface area contributed by atoms with Crippen molar-refractivity contribution in [2.75, 3.05) is 7.11 Å². The van der Waals surface area contributed by atoms with E-state index in [2.05, 4.69) is 10.2 Å². The first-order chi connectivity index (χ1) is 6.77. The van der Waals surface area contributed by atoms with Crippen molar-refractivity contribution in [3.05, 3.63) is 0 Å². The number of carbonyl (C=O) groups excluding carboxylic acids is 1. The molecule has 1 saturated carbocycles. The van der Waals surface area contributed by atoms with Crippen molar-refractivity contribution < 1.29 is 14.4 Å². The molecule has 0 spiro atoms. The molecule has 4 nitrogen and oxygen atoms in total. The highest BCUT2D eigenvalue weighted by molar-refractivity contribution is 5.75. The summed E-state index contributed by atoms with van der Waals surface area (Å²) in [6.45, 7) is 1.92. The minimum absolute atomic E-state index is 0.259. The quantitative estimate of drug-likeness (QED) is 0.539. The summed E-state index contributed by atoms with van der Waals surface area (Å²) in [6, 6.07) is -0.333. The fourth-order valence-corrected chi connectivity index (χ4v) is 1.62. The third-order valence-electron chi connectivity index (χ3n) is 2.57. The average molecular weight is 201 g/mol. The van der Waals surface area contributed by atoms with Crippen LogP contribution in [0.15, 0.2) is 0 Å². The van der Waals surface area contributed by atoms with Crippen LogP contribution in [0.25, 0.3) is 0 Å². The summed E-state index contributed by atoms with van der Waals surface area (Å²) in [7, 11) is 1.39. The van der Waals surface area contributed by atoms with Crippen molar-refractivity contribution in [1.29, 1.82) is 0 Å². The second-order valence-electron chi connectivity index (χ2n) is 3.63. The molecule has 1 aliphatic rings.